The molecule has 0 aromatic heterocycles. The number of allylic oxidation sites excluding steroid dienone is 1. The fourth-order valence-electron chi connectivity index (χ4n) is 1.96. The average Bonchev–Trinajstić information content (AvgIpc) is 2.51. The van der Waals surface area contributed by atoms with Crippen LogP contribution in [0.5, 0.6) is 17.2 Å². The van der Waals surface area contributed by atoms with Crippen LogP contribution in [0, 0.1) is 0 Å². The number of benzene rings is 2. The maximum atomic E-state index is 12.0. The van der Waals surface area contributed by atoms with Gasteiger partial charge in [-0.05, 0) is 35.9 Å². The number of halogens is 1. The quantitative estimate of drug-likeness (QED) is 0.669. The Kier molecular flexibility index (Phi) is 5.07. The molecule has 1 N–H and O–H groups in total. The normalized spacial score (nSPS) is 10.7. The average molecular weight is 319 g/mol. The van der Waals surface area contributed by atoms with Gasteiger partial charge in [0.15, 0.2) is 17.3 Å². The van der Waals surface area contributed by atoms with Gasteiger partial charge in [-0.15, -0.1) is 0 Å². The first-order chi connectivity index (χ1) is 10.5. The molecule has 0 unspecified atom stereocenters. The topological polar surface area (TPSA) is 55.8 Å². The van der Waals surface area contributed by atoms with E-state index in [1.165, 1.54) is 32.4 Å². The highest BCUT2D eigenvalue weighted by atomic mass is 35.5. The molecule has 0 saturated carbocycles. The Hall–Kier alpha value is -2.46. The van der Waals surface area contributed by atoms with E-state index < -0.39 is 0 Å². The molecule has 2 rings (SSSR count). The first kappa shape index (κ1) is 15.9. The van der Waals surface area contributed by atoms with Crippen LogP contribution in [0.15, 0.2) is 42.5 Å². The van der Waals surface area contributed by atoms with Gasteiger partial charge in [0, 0.05) is 5.56 Å². The van der Waals surface area contributed by atoms with Crippen LogP contribution in [0.2, 0.25) is 5.02 Å². The number of ether oxygens (including phenoxy) is 2. The molecular weight excluding hydrogens is 304 g/mol. The smallest absolute Gasteiger partial charge is 0.185 e. The Morgan fingerprint density at radius 2 is 1.95 bits per heavy atom. The van der Waals surface area contributed by atoms with Crippen LogP contribution in [-0.2, 0) is 0 Å². The van der Waals surface area contributed by atoms with Crippen molar-refractivity contribution >= 4 is 23.5 Å². The molecule has 114 valence electrons. The summed E-state index contributed by atoms with van der Waals surface area (Å²) in [6.07, 6.45) is 3.03. The third-order valence-electron chi connectivity index (χ3n) is 3.01. The van der Waals surface area contributed by atoms with Gasteiger partial charge in [0.05, 0.1) is 19.2 Å². The van der Waals surface area contributed by atoms with Crippen LogP contribution < -0.4 is 9.47 Å². The number of ketones is 1. The minimum Gasteiger partial charge on any atom is -0.508 e. The van der Waals surface area contributed by atoms with Crippen LogP contribution in [-0.4, -0.2) is 25.1 Å². The molecule has 0 radical (unpaired) electrons. The van der Waals surface area contributed by atoms with Gasteiger partial charge in [-0.1, -0.05) is 29.8 Å². The van der Waals surface area contributed by atoms with Gasteiger partial charge < -0.3 is 14.6 Å². The predicted molar refractivity (Wildman–Crippen MR) is 86.0 cm³/mol. The SMILES string of the molecule is COc1cc(/C=C/C(=O)c2cccc(O)c2)cc(Cl)c1OC. The second-order valence-electron chi connectivity index (χ2n) is 4.49. The number of methoxy groups -OCH3 is 2. The zero-order valence-corrected chi connectivity index (χ0v) is 12.9. The summed E-state index contributed by atoms with van der Waals surface area (Å²) in [6.45, 7) is 0. The Labute approximate surface area is 133 Å². The lowest BCUT2D eigenvalue weighted by Crippen LogP contribution is -1.94. The Morgan fingerprint density at radius 1 is 1.18 bits per heavy atom. The lowest BCUT2D eigenvalue weighted by molar-refractivity contribution is 0.104. The van der Waals surface area contributed by atoms with Gasteiger partial charge in [-0.25, -0.2) is 0 Å². The first-order valence-electron chi connectivity index (χ1n) is 6.48. The molecule has 0 atom stereocenters. The lowest BCUT2D eigenvalue weighted by Gasteiger charge is -2.10. The minimum absolute atomic E-state index is 0.0495. The highest BCUT2D eigenvalue weighted by molar-refractivity contribution is 6.32. The van der Waals surface area contributed by atoms with Crippen molar-refractivity contribution in [3.05, 3.63) is 58.6 Å². The van der Waals surface area contributed by atoms with Crippen LogP contribution in [0.4, 0.5) is 0 Å². The molecule has 0 heterocycles. The fourth-order valence-corrected chi connectivity index (χ4v) is 2.26. The summed E-state index contributed by atoms with van der Waals surface area (Å²) in [5.41, 5.74) is 1.11. The van der Waals surface area contributed by atoms with Gasteiger partial charge in [-0.3, -0.25) is 4.79 Å². The number of hydrogen-bond acceptors (Lipinski definition) is 4. The monoisotopic (exact) mass is 318 g/mol. The van der Waals surface area contributed by atoms with E-state index in [4.69, 9.17) is 21.1 Å². The van der Waals surface area contributed by atoms with Crippen molar-refractivity contribution in [2.45, 2.75) is 0 Å². The van der Waals surface area contributed by atoms with Crippen molar-refractivity contribution in [3.8, 4) is 17.2 Å². The second-order valence-corrected chi connectivity index (χ2v) is 4.89. The lowest BCUT2D eigenvalue weighted by atomic mass is 10.1. The zero-order chi connectivity index (χ0) is 16.1. The zero-order valence-electron chi connectivity index (χ0n) is 12.2. The molecule has 22 heavy (non-hydrogen) atoms. The highest BCUT2D eigenvalue weighted by Crippen LogP contribution is 2.36. The summed E-state index contributed by atoms with van der Waals surface area (Å²) < 4.78 is 10.4. The van der Waals surface area contributed by atoms with E-state index >= 15 is 0 Å². The van der Waals surface area contributed by atoms with Crippen LogP contribution in [0.25, 0.3) is 6.08 Å². The van der Waals surface area contributed by atoms with E-state index in [0.717, 1.165) is 0 Å². The standard InChI is InChI=1S/C17H15ClO4/c1-21-16-9-11(8-14(18)17(16)22-2)6-7-15(20)12-4-3-5-13(19)10-12/h3-10,19H,1-2H3/b7-6+. The molecule has 2 aromatic rings. The molecule has 0 amide bonds. The number of aromatic hydroxyl groups is 1. The van der Waals surface area contributed by atoms with Crippen LogP contribution in [0.1, 0.15) is 15.9 Å². The number of rotatable bonds is 5. The third-order valence-corrected chi connectivity index (χ3v) is 3.29. The maximum absolute atomic E-state index is 12.0. The van der Waals surface area contributed by atoms with Crippen molar-refractivity contribution in [3.63, 3.8) is 0 Å². The van der Waals surface area contributed by atoms with Crippen LogP contribution >= 0.6 is 11.6 Å². The molecule has 0 saturated heterocycles. The van der Waals surface area contributed by atoms with Crippen molar-refractivity contribution in [1.82, 2.24) is 0 Å². The maximum Gasteiger partial charge on any atom is 0.185 e. The fraction of sp³-hybridized carbons (Fsp3) is 0.118. The van der Waals surface area contributed by atoms with E-state index in [9.17, 15) is 9.90 Å². The molecule has 4 nitrogen and oxygen atoms in total. The first-order valence-corrected chi connectivity index (χ1v) is 6.86. The Balaban J connectivity index is 2.26. The number of phenolic OH excluding ortho intramolecular Hbond substituents is 1. The third kappa shape index (κ3) is 3.59. The number of carbonyl (C=O) groups is 1. The summed E-state index contributed by atoms with van der Waals surface area (Å²) in [7, 11) is 3.02. The molecule has 5 heteroatoms. The molecular formula is C17H15ClO4. The molecule has 0 spiro atoms. The number of carbonyl (C=O) groups excluding carboxylic acids is 1. The molecule has 0 aliphatic rings. The van der Waals surface area contributed by atoms with Crippen molar-refractivity contribution in [1.29, 1.82) is 0 Å². The predicted octanol–water partition coefficient (Wildman–Crippen LogP) is 3.96. The van der Waals surface area contributed by atoms with E-state index in [-0.39, 0.29) is 11.5 Å². The molecule has 0 fully saturated rings. The van der Waals surface area contributed by atoms with E-state index in [0.29, 0.717) is 27.6 Å². The van der Waals surface area contributed by atoms with Crippen molar-refractivity contribution in [2.75, 3.05) is 14.2 Å². The summed E-state index contributed by atoms with van der Waals surface area (Å²) in [5.74, 6) is 0.760. The van der Waals surface area contributed by atoms with Gasteiger partial charge >= 0.3 is 0 Å². The Bertz CT molecular complexity index is 723. The Morgan fingerprint density at radius 3 is 2.59 bits per heavy atom. The van der Waals surface area contributed by atoms with Crippen molar-refractivity contribution in [2.24, 2.45) is 0 Å². The minimum atomic E-state index is -0.221. The van der Waals surface area contributed by atoms with E-state index in [1.54, 1.807) is 30.3 Å². The summed E-state index contributed by atoms with van der Waals surface area (Å²) in [5, 5.41) is 9.78. The van der Waals surface area contributed by atoms with Gasteiger partial charge in [0.25, 0.3) is 0 Å². The molecule has 0 aliphatic heterocycles. The van der Waals surface area contributed by atoms with Gasteiger partial charge in [0.1, 0.15) is 5.75 Å². The van der Waals surface area contributed by atoms with Gasteiger partial charge in [-0.2, -0.15) is 0 Å². The van der Waals surface area contributed by atoms with Crippen LogP contribution in [0.3, 0.4) is 0 Å². The number of phenols is 1. The molecule has 0 bridgehead atoms. The van der Waals surface area contributed by atoms with Gasteiger partial charge in [0.2, 0.25) is 0 Å². The van der Waals surface area contributed by atoms with Crippen molar-refractivity contribution < 1.29 is 19.4 Å². The molecule has 0 aliphatic carbocycles. The van der Waals surface area contributed by atoms with E-state index in [1.807, 2.05) is 0 Å². The number of hydrogen-bond donors (Lipinski definition) is 1. The second kappa shape index (κ2) is 7.00. The summed E-state index contributed by atoms with van der Waals surface area (Å²) in [6, 6.07) is 9.56. The molecule has 2 aromatic carbocycles. The summed E-state index contributed by atoms with van der Waals surface area (Å²) >= 11 is 6.11. The summed E-state index contributed by atoms with van der Waals surface area (Å²) in [4.78, 5) is 12.0. The largest absolute Gasteiger partial charge is 0.508 e. The highest BCUT2D eigenvalue weighted by Gasteiger charge is 2.10. The van der Waals surface area contributed by atoms with E-state index in [2.05, 4.69) is 0 Å².